The molecular formula is C25H24FNO4. The second-order valence-electron chi connectivity index (χ2n) is 9.02. The van der Waals surface area contributed by atoms with Crippen LogP contribution in [-0.4, -0.2) is 23.7 Å². The summed E-state index contributed by atoms with van der Waals surface area (Å²) in [6, 6.07) is 12.3. The zero-order valence-electron chi connectivity index (χ0n) is 17.3. The number of benzene rings is 2. The second kappa shape index (κ2) is 7.01. The van der Waals surface area contributed by atoms with E-state index in [0.29, 0.717) is 11.3 Å². The molecule has 5 rings (SSSR count). The molecule has 0 spiro atoms. The minimum absolute atomic E-state index is 0.00739. The molecule has 3 aliphatic rings. The first-order valence-electron chi connectivity index (χ1n) is 10.8. The van der Waals surface area contributed by atoms with Crippen molar-refractivity contribution in [2.24, 2.45) is 10.8 Å². The normalized spacial score (nSPS) is 29.4. The Morgan fingerprint density at radius 2 is 1.71 bits per heavy atom. The topological polar surface area (TPSA) is 72.5 Å². The van der Waals surface area contributed by atoms with Crippen LogP contribution in [0.1, 0.15) is 60.9 Å². The lowest BCUT2D eigenvalue weighted by Gasteiger charge is -2.28. The van der Waals surface area contributed by atoms with E-state index in [2.05, 4.69) is 5.32 Å². The summed E-state index contributed by atoms with van der Waals surface area (Å²) in [5.74, 6) is -2.19. The summed E-state index contributed by atoms with van der Waals surface area (Å²) in [4.78, 5) is 40.6. The van der Waals surface area contributed by atoms with Crippen molar-refractivity contribution < 1.29 is 23.5 Å². The molecule has 2 aromatic carbocycles. The summed E-state index contributed by atoms with van der Waals surface area (Å²) in [5.41, 5.74) is -1.98. The molecule has 2 saturated carbocycles. The number of nitrogens with one attached hydrogen (secondary N) is 1. The van der Waals surface area contributed by atoms with Crippen LogP contribution < -0.4 is 10.1 Å². The van der Waals surface area contributed by atoms with Crippen LogP contribution in [0.4, 0.5) is 4.39 Å². The van der Waals surface area contributed by atoms with Crippen molar-refractivity contribution in [1.29, 1.82) is 0 Å². The average Bonchev–Trinajstić information content (AvgIpc) is 3.38. The van der Waals surface area contributed by atoms with Crippen LogP contribution in [-0.2, 0) is 9.59 Å². The predicted octanol–water partition coefficient (Wildman–Crippen LogP) is 4.17. The van der Waals surface area contributed by atoms with Gasteiger partial charge in [0.2, 0.25) is 5.91 Å². The Hall–Kier alpha value is -3.02. The molecule has 1 heterocycles. The first-order chi connectivity index (χ1) is 14.9. The van der Waals surface area contributed by atoms with Crippen LogP contribution in [0.15, 0.2) is 48.5 Å². The van der Waals surface area contributed by atoms with Crippen LogP contribution in [0, 0.1) is 16.6 Å². The lowest BCUT2D eigenvalue weighted by Crippen LogP contribution is -2.49. The van der Waals surface area contributed by atoms with Crippen molar-refractivity contribution in [1.82, 2.24) is 5.32 Å². The predicted molar refractivity (Wildman–Crippen MR) is 111 cm³/mol. The van der Waals surface area contributed by atoms with E-state index in [1.165, 1.54) is 24.3 Å². The van der Waals surface area contributed by atoms with Crippen molar-refractivity contribution in [3.63, 3.8) is 0 Å². The van der Waals surface area contributed by atoms with E-state index in [-0.39, 0.29) is 17.4 Å². The van der Waals surface area contributed by atoms with Gasteiger partial charge in [0.15, 0.2) is 11.2 Å². The van der Waals surface area contributed by atoms with Crippen molar-refractivity contribution in [2.75, 3.05) is 0 Å². The molecule has 5 nitrogen and oxygen atoms in total. The Morgan fingerprint density at radius 3 is 2.42 bits per heavy atom. The molecule has 0 unspecified atom stereocenters. The van der Waals surface area contributed by atoms with Gasteiger partial charge in [-0.15, -0.1) is 0 Å². The number of halogens is 1. The second-order valence-corrected chi connectivity index (χ2v) is 9.02. The van der Waals surface area contributed by atoms with Gasteiger partial charge in [0, 0.05) is 23.1 Å². The molecule has 31 heavy (non-hydrogen) atoms. The third-order valence-electron chi connectivity index (χ3n) is 7.38. The van der Waals surface area contributed by atoms with E-state index >= 15 is 0 Å². The summed E-state index contributed by atoms with van der Waals surface area (Å²) >= 11 is 0. The van der Waals surface area contributed by atoms with Gasteiger partial charge in [-0.1, -0.05) is 37.5 Å². The number of esters is 1. The largest absolute Gasteiger partial charge is 0.425 e. The maximum atomic E-state index is 13.7. The molecule has 160 valence electrons. The molecule has 0 bridgehead atoms. The van der Waals surface area contributed by atoms with Crippen LogP contribution >= 0.6 is 0 Å². The van der Waals surface area contributed by atoms with Crippen molar-refractivity contribution >= 4 is 17.7 Å². The number of fused-ring (bicyclic) bond motifs is 3. The van der Waals surface area contributed by atoms with Gasteiger partial charge >= 0.3 is 5.97 Å². The first kappa shape index (κ1) is 19.9. The molecule has 1 amide bonds. The van der Waals surface area contributed by atoms with E-state index in [9.17, 15) is 18.8 Å². The van der Waals surface area contributed by atoms with E-state index in [4.69, 9.17) is 4.74 Å². The molecule has 1 N–H and O–H groups in total. The van der Waals surface area contributed by atoms with E-state index in [0.717, 1.165) is 32.1 Å². The Kier molecular flexibility index (Phi) is 4.50. The highest BCUT2D eigenvalue weighted by Crippen LogP contribution is 2.78. The van der Waals surface area contributed by atoms with Gasteiger partial charge in [0.25, 0.3) is 0 Å². The fourth-order valence-electron chi connectivity index (χ4n) is 5.70. The van der Waals surface area contributed by atoms with Gasteiger partial charge in [-0.2, -0.15) is 0 Å². The zero-order valence-corrected chi connectivity index (χ0v) is 17.3. The van der Waals surface area contributed by atoms with Crippen LogP contribution in [0.5, 0.6) is 5.75 Å². The lowest BCUT2D eigenvalue weighted by atomic mass is 9.85. The monoisotopic (exact) mass is 421 g/mol. The number of hydrogen-bond donors (Lipinski definition) is 1. The van der Waals surface area contributed by atoms with E-state index in [1.54, 1.807) is 25.1 Å². The van der Waals surface area contributed by atoms with Gasteiger partial charge in [-0.25, -0.2) is 4.39 Å². The van der Waals surface area contributed by atoms with Crippen molar-refractivity contribution in [2.45, 2.75) is 51.0 Å². The third-order valence-corrected chi connectivity index (χ3v) is 7.38. The maximum Gasteiger partial charge on any atom is 0.328 e. The number of rotatable bonds is 4. The smallest absolute Gasteiger partial charge is 0.328 e. The molecule has 2 aliphatic carbocycles. The lowest BCUT2D eigenvalue weighted by molar-refractivity contribution is -0.149. The molecule has 0 saturated heterocycles. The molecule has 6 heteroatoms. The molecular weight excluding hydrogens is 397 g/mol. The molecule has 3 atom stereocenters. The molecule has 0 aromatic heterocycles. The zero-order chi connectivity index (χ0) is 21.8. The number of ether oxygens (including phenoxy) is 1. The summed E-state index contributed by atoms with van der Waals surface area (Å²) in [6.07, 6.45) is 4.92. The molecule has 0 radical (unpaired) electrons. The number of carbonyl (C=O) groups excluding carboxylic acids is 3. The summed E-state index contributed by atoms with van der Waals surface area (Å²) in [7, 11) is 0. The highest BCUT2D eigenvalue weighted by molar-refractivity contribution is 6.21. The van der Waals surface area contributed by atoms with Crippen molar-refractivity contribution in [3.8, 4) is 5.75 Å². The Bertz CT molecular complexity index is 1080. The Morgan fingerprint density at radius 1 is 1.03 bits per heavy atom. The SMILES string of the molecule is C[C@]1(C(=O)c2ccc(F)cc2)[C@@H]2c3ccccc3OC(=O)[C@]21C(=O)NC1CCCCC1. The van der Waals surface area contributed by atoms with Crippen LogP contribution in [0.2, 0.25) is 0 Å². The van der Waals surface area contributed by atoms with Gasteiger partial charge in [0.1, 0.15) is 11.6 Å². The standard InChI is InChI=1S/C25H24FNO4/c1-24(21(28)15-11-13-16(26)14-12-15)20-18-9-5-6-10-19(18)31-23(30)25(20,24)22(29)27-17-7-3-2-4-8-17/h5-6,9-14,17,20H,2-4,7-8H2,1H3,(H,27,29)/t20-,24+,25+/m0/s1. The summed E-state index contributed by atoms with van der Waals surface area (Å²) in [5, 5.41) is 3.05. The highest BCUT2D eigenvalue weighted by Gasteiger charge is 2.88. The Balaban J connectivity index is 1.59. The van der Waals surface area contributed by atoms with Gasteiger partial charge in [-0.3, -0.25) is 14.4 Å². The highest BCUT2D eigenvalue weighted by atomic mass is 19.1. The maximum absolute atomic E-state index is 13.7. The number of carbonyl (C=O) groups is 3. The molecule has 1 aliphatic heterocycles. The van der Waals surface area contributed by atoms with Crippen molar-refractivity contribution in [3.05, 3.63) is 65.5 Å². The van der Waals surface area contributed by atoms with Crippen LogP contribution in [0.25, 0.3) is 0 Å². The minimum atomic E-state index is -1.62. The first-order valence-corrected chi connectivity index (χ1v) is 10.8. The van der Waals surface area contributed by atoms with Crippen LogP contribution in [0.3, 0.4) is 0 Å². The van der Waals surface area contributed by atoms with E-state index < -0.39 is 34.4 Å². The fourth-order valence-corrected chi connectivity index (χ4v) is 5.70. The summed E-state index contributed by atoms with van der Waals surface area (Å²) in [6.45, 7) is 1.66. The average molecular weight is 421 g/mol. The molecule has 2 fully saturated rings. The van der Waals surface area contributed by atoms with E-state index in [1.807, 2.05) is 6.07 Å². The number of Topliss-reactive ketones (excluding diaryl/α,β-unsaturated/α-hetero) is 1. The van der Waals surface area contributed by atoms with Gasteiger partial charge in [-0.05, 0) is 50.1 Å². The number of hydrogen-bond acceptors (Lipinski definition) is 4. The quantitative estimate of drug-likeness (QED) is 0.348. The number of ketones is 1. The summed E-state index contributed by atoms with van der Waals surface area (Å²) < 4.78 is 19.0. The molecule has 2 aromatic rings. The van der Waals surface area contributed by atoms with Gasteiger partial charge in [0.05, 0.1) is 5.41 Å². The van der Waals surface area contributed by atoms with Gasteiger partial charge < -0.3 is 10.1 Å². The minimum Gasteiger partial charge on any atom is -0.425 e. The number of amides is 1. The third kappa shape index (κ3) is 2.70. The fraction of sp³-hybridized carbons (Fsp3) is 0.400. The number of para-hydroxylation sites is 1. The Labute approximate surface area is 180 Å².